The summed E-state index contributed by atoms with van der Waals surface area (Å²) in [6, 6.07) is 43.1. The number of aryl methyl sites for hydroxylation is 2. The van der Waals surface area contributed by atoms with Crippen molar-refractivity contribution < 1.29 is 0 Å². The highest BCUT2D eigenvalue weighted by Gasteiger charge is 2.54. The second-order valence-corrected chi connectivity index (χ2v) is 14.4. The van der Waals surface area contributed by atoms with E-state index in [4.69, 9.17) is 0 Å². The molecule has 3 nitrogen and oxygen atoms in total. The topological polar surface area (TPSA) is 13.1 Å². The number of aromatic nitrogens is 2. The van der Waals surface area contributed by atoms with Gasteiger partial charge in [-0.05, 0) is 99.0 Å². The van der Waals surface area contributed by atoms with Crippen molar-refractivity contribution in [3.63, 3.8) is 0 Å². The molecule has 49 heavy (non-hydrogen) atoms. The maximum atomic E-state index is 2.64. The Kier molecular flexibility index (Phi) is 6.24. The SMILES string of the molecule is Cc1ccc(N(CC2CC=Cc3c2c2ccccc2n3-c2ccccc2)c2ccc3c(c2)c2cc(C)ccc2n3C23C=CC=CC2C3)cc1. The Balaban J connectivity index is 1.14. The molecular formula is C46H39N3. The lowest BCUT2D eigenvalue weighted by Crippen LogP contribution is -2.25. The van der Waals surface area contributed by atoms with Gasteiger partial charge in [0.05, 0.1) is 22.3 Å². The summed E-state index contributed by atoms with van der Waals surface area (Å²) in [6.07, 6.45) is 16.2. The van der Waals surface area contributed by atoms with E-state index >= 15 is 0 Å². The second-order valence-electron chi connectivity index (χ2n) is 14.4. The number of hydrogen-bond donors (Lipinski definition) is 0. The van der Waals surface area contributed by atoms with Crippen LogP contribution >= 0.6 is 0 Å². The van der Waals surface area contributed by atoms with Crippen LogP contribution in [-0.2, 0) is 5.54 Å². The van der Waals surface area contributed by atoms with Crippen molar-refractivity contribution in [2.75, 3.05) is 11.4 Å². The third-order valence-electron chi connectivity index (χ3n) is 11.3. The van der Waals surface area contributed by atoms with Gasteiger partial charge in [-0.15, -0.1) is 0 Å². The Morgan fingerprint density at radius 1 is 0.694 bits per heavy atom. The van der Waals surface area contributed by atoms with Gasteiger partial charge in [-0.2, -0.15) is 0 Å². The second kappa shape index (κ2) is 10.7. The zero-order valence-electron chi connectivity index (χ0n) is 28.1. The van der Waals surface area contributed by atoms with Crippen molar-refractivity contribution in [2.24, 2.45) is 5.92 Å². The first kappa shape index (κ1) is 28.5. The van der Waals surface area contributed by atoms with Crippen LogP contribution in [-0.4, -0.2) is 15.7 Å². The van der Waals surface area contributed by atoms with Gasteiger partial charge in [0.15, 0.2) is 0 Å². The van der Waals surface area contributed by atoms with Crippen molar-refractivity contribution >= 4 is 50.2 Å². The van der Waals surface area contributed by atoms with Crippen LogP contribution in [0.1, 0.15) is 41.1 Å². The number of rotatable bonds is 6. The molecule has 7 aromatic rings. The molecule has 0 amide bonds. The van der Waals surface area contributed by atoms with E-state index in [1.807, 2.05) is 0 Å². The number of anilines is 2. The largest absolute Gasteiger partial charge is 0.341 e. The molecule has 0 spiro atoms. The predicted molar refractivity (Wildman–Crippen MR) is 206 cm³/mol. The van der Waals surface area contributed by atoms with Crippen molar-refractivity contribution in [1.82, 2.24) is 9.13 Å². The quantitative estimate of drug-likeness (QED) is 0.178. The van der Waals surface area contributed by atoms with Gasteiger partial charge in [0.1, 0.15) is 0 Å². The Bertz CT molecular complexity index is 2510. The summed E-state index contributed by atoms with van der Waals surface area (Å²) >= 11 is 0. The van der Waals surface area contributed by atoms with Gasteiger partial charge in [-0.3, -0.25) is 0 Å². The molecule has 238 valence electrons. The first-order valence-electron chi connectivity index (χ1n) is 17.7. The minimum Gasteiger partial charge on any atom is -0.341 e. The highest BCUT2D eigenvalue weighted by molar-refractivity contribution is 6.10. The number of nitrogens with zero attached hydrogens (tertiary/aromatic N) is 3. The lowest BCUT2D eigenvalue weighted by Gasteiger charge is -2.31. The van der Waals surface area contributed by atoms with Gasteiger partial charge in [0, 0.05) is 57.1 Å². The molecule has 0 saturated heterocycles. The smallest absolute Gasteiger partial charge is 0.0707 e. The van der Waals surface area contributed by atoms with E-state index in [1.165, 1.54) is 72.2 Å². The fraction of sp³-hybridized carbons (Fsp3) is 0.174. The van der Waals surface area contributed by atoms with Crippen molar-refractivity contribution in [3.8, 4) is 5.69 Å². The van der Waals surface area contributed by atoms with Crippen LogP contribution in [0, 0.1) is 19.8 Å². The highest BCUT2D eigenvalue weighted by atomic mass is 15.1. The van der Waals surface area contributed by atoms with Gasteiger partial charge >= 0.3 is 0 Å². The number of fused-ring (bicyclic) bond motifs is 7. The summed E-state index contributed by atoms with van der Waals surface area (Å²) in [5, 5.41) is 4.03. The Labute approximate surface area is 287 Å². The third-order valence-corrected chi connectivity index (χ3v) is 11.3. The van der Waals surface area contributed by atoms with Gasteiger partial charge < -0.3 is 14.0 Å². The number of allylic oxidation sites excluding steroid dienone is 5. The number of hydrogen-bond acceptors (Lipinski definition) is 1. The van der Waals surface area contributed by atoms with Crippen LogP contribution in [0.2, 0.25) is 0 Å². The molecule has 2 aromatic heterocycles. The molecule has 10 rings (SSSR count). The van der Waals surface area contributed by atoms with E-state index in [0.29, 0.717) is 11.8 Å². The Morgan fingerprint density at radius 3 is 2.27 bits per heavy atom. The monoisotopic (exact) mass is 633 g/mol. The zero-order chi connectivity index (χ0) is 32.7. The van der Waals surface area contributed by atoms with Crippen LogP contribution in [0.3, 0.4) is 0 Å². The van der Waals surface area contributed by atoms with Crippen LogP contribution in [0.4, 0.5) is 11.4 Å². The predicted octanol–water partition coefficient (Wildman–Crippen LogP) is 11.5. The fourth-order valence-electron chi connectivity index (χ4n) is 8.88. The molecule has 0 radical (unpaired) electrons. The molecule has 3 aliphatic carbocycles. The standard InChI is InChI=1S/C46H39N3/c1-31-18-21-35(22-19-31)47(30-33-11-10-17-44-45(33)38-15-6-7-16-41(38)48(44)36-13-4-3-5-14-36)37-23-25-43-40(28-37)39-27-32(2)20-24-42(39)49(43)46-26-9-8-12-34(46)29-46/h3-10,12-28,33-34H,11,29-30H2,1-2H3. The van der Waals surface area contributed by atoms with E-state index in [0.717, 1.165) is 19.4 Å². The minimum atomic E-state index is 0.0416. The van der Waals surface area contributed by atoms with Crippen molar-refractivity contribution in [3.05, 3.63) is 168 Å². The highest BCUT2D eigenvalue weighted by Crippen LogP contribution is 2.57. The maximum Gasteiger partial charge on any atom is 0.0707 e. The van der Waals surface area contributed by atoms with E-state index in [9.17, 15) is 0 Å². The molecule has 5 aromatic carbocycles. The molecule has 3 heteroatoms. The van der Waals surface area contributed by atoms with Gasteiger partial charge in [0.2, 0.25) is 0 Å². The van der Waals surface area contributed by atoms with Gasteiger partial charge in [-0.25, -0.2) is 0 Å². The normalized spacial score (nSPS) is 20.6. The summed E-state index contributed by atoms with van der Waals surface area (Å²) in [7, 11) is 0. The van der Waals surface area contributed by atoms with Crippen molar-refractivity contribution in [2.45, 2.75) is 38.1 Å². The summed E-state index contributed by atoms with van der Waals surface area (Å²) in [4.78, 5) is 2.57. The molecule has 3 atom stereocenters. The average molecular weight is 634 g/mol. The van der Waals surface area contributed by atoms with Crippen LogP contribution in [0.5, 0.6) is 0 Å². The van der Waals surface area contributed by atoms with Crippen LogP contribution in [0.15, 0.2) is 146 Å². The van der Waals surface area contributed by atoms with Crippen LogP contribution in [0.25, 0.3) is 44.5 Å². The van der Waals surface area contributed by atoms with Crippen molar-refractivity contribution in [1.29, 1.82) is 0 Å². The molecule has 3 unspecified atom stereocenters. The first-order valence-corrected chi connectivity index (χ1v) is 17.7. The molecule has 1 saturated carbocycles. The Hall–Kier alpha value is -5.54. The summed E-state index contributed by atoms with van der Waals surface area (Å²) in [6.45, 7) is 5.27. The first-order chi connectivity index (χ1) is 24.1. The van der Waals surface area contributed by atoms with Gasteiger partial charge in [0.25, 0.3) is 0 Å². The number of benzene rings is 5. The maximum absolute atomic E-state index is 2.64. The van der Waals surface area contributed by atoms with Crippen LogP contribution < -0.4 is 4.90 Å². The summed E-state index contributed by atoms with van der Waals surface area (Å²) < 4.78 is 5.09. The fourth-order valence-corrected chi connectivity index (χ4v) is 8.88. The summed E-state index contributed by atoms with van der Waals surface area (Å²) in [5.41, 5.74) is 13.0. The lowest BCUT2D eigenvalue weighted by molar-refractivity contribution is 0.601. The molecule has 0 N–H and O–H groups in total. The van der Waals surface area contributed by atoms with E-state index in [1.54, 1.807) is 0 Å². The minimum absolute atomic E-state index is 0.0416. The molecule has 1 fully saturated rings. The van der Waals surface area contributed by atoms with Gasteiger partial charge in [-0.1, -0.05) is 96.1 Å². The molecule has 0 aliphatic heterocycles. The molecule has 3 aliphatic rings. The lowest BCUT2D eigenvalue weighted by atomic mass is 9.88. The molecule has 0 bridgehead atoms. The van der Waals surface area contributed by atoms with E-state index in [-0.39, 0.29) is 5.54 Å². The Morgan fingerprint density at radius 2 is 1.43 bits per heavy atom. The summed E-state index contributed by atoms with van der Waals surface area (Å²) in [5.74, 6) is 0.883. The van der Waals surface area contributed by atoms with E-state index in [2.05, 4.69) is 180 Å². The number of para-hydroxylation sites is 2. The zero-order valence-corrected chi connectivity index (χ0v) is 28.1. The van der Waals surface area contributed by atoms with E-state index < -0.39 is 0 Å². The molecular weight excluding hydrogens is 595 g/mol. The molecule has 2 heterocycles. The third kappa shape index (κ3) is 4.35. The average Bonchev–Trinajstić information content (AvgIpc) is 3.66.